The SMILES string of the molecule is O=C1CCCC1CCS(=O)c1ccc(Cl)c(Cl)c1. The number of rotatable bonds is 4. The first kappa shape index (κ1) is 14.0. The zero-order valence-electron chi connectivity index (χ0n) is 9.83. The van der Waals surface area contributed by atoms with Crippen LogP contribution in [0, 0.1) is 5.92 Å². The first-order valence-electron chi connectivity index (χ1n) is 5.94. The third-order valence-corrected chi connectivity index (χ3v) is 5.36. The van der Waals surface area contributed by atoms with Crippen LogP contribution in [0.3, 0.4) is 0 Å². The van der Waals surface area contributed by atoms with Crippen molar-refractivity contribution in [3.8, 4) is 0 Å². The van der Waals surface area contributed by atoms with Crippen molar-refractivity contribution in [3.05, 3.63) is 28.2 Å². The normalized spacial score (nSPS) is 21.2. The van der Waals surface area contributed by atoms with E-state index in [1.165, 1.54) is 0 Å². The van der Waals surface area contributed by atoms with Crippen LogP contribution in [-0.2, 0) is 15.6 Å². The predicted molar refractivity (Wildman–Crippen MR) is 74.7 cm³/mol. The van der Waals surface area contributed by atoms with E-state index in [9.17, 15) is 9.00 Å². The van der Waals surface area contributed by atoms with Crippen molar-refractivity contribution in [3.63, 3.8) is 0 Å². The van der Waals surface area contributed by atoms with Gasteiger partial charge in [0.2, 0.25) is 0 Å². The first-order chi connectivity index (χ1) is 8.58. The van der Waals surface area contributed by atoms with Crippen molar-refractivity contribution in [1.82, 2.24) is 0 Å². The van der Waals surface area contributed by atoms with Crippen molar-refractivity contribution >= 4 is 39.8 Å². The molecule has 18 heavy (non-hydrogen) atoms. The van der Waals surface area contributed by atoms with Gasteiger partial charge in [-0.1, -0.05) is 23.2 Å². The molecular weight excluding hydrogens is 291 g/mol. The molecule has 2 atom stereocenters. The Hall–Kier alpha value is -0.380. The van der Waals surface area contributed by atoms with E-state index in [0.29, 0.717) is 39.3 Å². The van der Waals surface area contributed by atoms with Crippen molar-refractivity contribution in [2.24, 2.45) is 5.92 Å². The number of hydrogen-bond acceptors (Lipinski definition) is 2. The molecule has 1 saturated carbocycles. The van der Waals surface area contributed by atoms with Gasteiger partial charge in [0.1, 0.15) is 5.78 Å². The first-order valence-corrected chi connectivity index (χ1v) is 8.01. The number of benzene rings is 1. The molecule has 2 rings (SSSR count). The highest BCUT2D eigenvalue weighted by Crippen LogP contribution is 2.27. The Bertz CT molecular complexity index is 488. The molecule has 0 amide bonds. The summed E-state index contributed by atoms with van der Waals surface area (Å²) in [7, 11) is -1.11. The Labute approximate surface area is 119 Å². The maximum atomic E-state index is 12.1. The van der Waals surface area contributed by atoms with Crippen LogP contribution in [0.4, 0.5) is 0 Å². The van der Waals surface area contributed by atoms with Gasteiger partial charge < -0.3 is 0 Å². The van der Waals surface area contributed by atoms with Crippen LogP contribution >= 0.6 is 23.2 Å². The number of carbonyl (C=O) groups excluding carboxylic acids is 1. The third kappa shape index (κ3) is 3.34. The number of carbonyl (C=O) groups is 1. The highest BCUT2D eigenvalue weighted by molar-refractivity contribution is 7.85. The highest BCUT2D eigenvalue weighted by atomic mass is 35.5. The van der Waals surface area contributed by atoms with Crippen LogP contribution in [-0.4, -0.2) is 15.7 Å². The molecule has 2 nitrogen and oxygen atoms in total. The second kappa shape index (κ2) is 6.18. The molecule has 0 heterocycles. The van der Waals surface area contributed by atoms with E-state index in [1.54, 1.807) is 18.2 Å². The van der Waals surface area contributed by atoms with Crippen LogP contribution in [0.5, 0.6) is 0 Å². The second-order valence-corrected chi connectivity index (χ2v) is 6.85. The zero-order valence-corrected chi connectivity index (χ0v) is 12.2. The number of halogens is 2. The van der Waals surface area contributed by atoms with Crippen LogP contribution in [0.2, 0.25) is 10.0 Å². The summed E-state index contributed by atoms with van der Waals surface area (Å²) in [5.41, 5.74) is 0. The average Bonchev–Trinajstić information content (AvgIpc) is 2.75. The number of Topliss-reactive ketones (excluding diaryl/α,β-unsaturated/α-hetero) is 1. The molecule has 0 saturated heterocycles. The number of hydrogen-bond donors (Lipinski definition) is 0. The zero-order chi connectivity index (χ0) is 13.1. The summed E-state index contributed by atoms with van der Waals surface area (Å²) in [5, 5.41) is 0.878. The lowest BCUT2D eigenvalue weighted by atomic mass is 10.1. The maximum absolute atomic E-state index is 12.1. The van der Waals surface area contributed by atoms with Gasteiger partial charge in [-0.3, -0.25) is 9.00 Å². The highest BCUT2D eigenvalue weighted by Gasteiger charge is 2.24. The van der Waals surface area contributed by atoms with Gasteiger partial charge in [-0.2, -0.15) is 0 Å². The minimum absolute atomic E-state index is 0.108. The predicted octanol–water partition coefficient (Wildman–Crippen LogP) is 3.86. The van der Waals surface area contributed by atoms with Crippen LogP contribution < -0.4 is 0 Å². The molecular formula is C13H14Cl2O2S. The summed E-state index contributed by atoms with van der Waals surface area (Å²) < 4.78 is 12.1. The summed E-state index contributed by atoms with van der Waals surface area (Å²) in [6.45, 7) is 0. The molecule has 0 radical (unpaired) electrons. The lowest BCUT2D eigenvalue weighted by molar-refractivity contribution is -0.120. The molecule has 0 aliphatic heterocycles. The summed E-state index contributed by atoms with van der Waals surface area (Å²) in [6, 6.07) is 5.01. The molecule has 1 aliphatic rings. The smallest absolute Gasteiger partial charge is 0.136 e. The Balaban J connectivity index is 1.95. The van der Waals surface area contributed by atoms with Crippen molar-refractivity contribution in [1.29, 1.82) is 0 Å². The molecule has 2 unspecified atom stereocenters. The molecule has 0 aromatic heterocycles. The fourth-order valence-corrected chi connectivity index (χ4v) is 3.74. The minimum Gasteiger partial charge on any atom is -0.299 e. The van der Waals surface area contributed by atoms with Gasteiger partial charge in [0.05, 0.1) is 20.8 Å². The molecule has 98 valence electrons. The molecule has 0 bridgehead atoms. The van der Waals surface area contributed by atoms with E-state index >= 15 is 0 Å². The summed E-state index contributed by atoms with van der Waals surface area (Å²) >= 11 is 11.7. The van der Waals surface area contributed by atoms with Gasteiger partial charge in [0, 0.05) is 23.0 Å². The fourth-order valence-electron chi connectivity index (χ4n) is 2.18. The van der Waals surface area contributed by atoms with E-state index in [4.69, 9.17) is 23.2 Å². The number of ketones is 1. The monoisotopic (exact) mass is 304 g/mol. The van der Waals surface area contributed by atoms with Crippen molar-refractivity contribution in [2.75, 3.05) is 5.75 Å². The molecule has 1 aromatic rings. The quantitative estimate of drug-likeness (QED) is 0.846. The van der Waals surface area contributed by atoms with Gasteiger partial charge in [0.25, 0.3) is 0 Å². The van der Waals surface area contributed by atoms with Crippen molar-refractivity contribution < 1.29 is 9.00 Å². The van der Waals surface area contributed by atoms with E-state index in [-0.39, 0.29) is 5.92 Å². The molecule has 5 heteroatoms. The Morgan fingerprint density at radius 3 is 2.67 bits per heavy atom. The van der Waals surface area contributed by atoms with Gasteiger partial charge in [-0.05, 0) is 37.5 Å². The Morgan fingerprint density at radius 1 is 1.28 bits per heavy atom. The lowest BCUT2D eigenvalue weighted by Crippen LogP contribution is -2.10. The molecule has 0 spiro atoms. The van der Waals surface area contributed by atoms with Gasteiger partial charge in [-0.15, -0.1) is 0 Å². The third-order valence-electron chi connectivity index (χ3n) is 3.24. The topological polar surface area (TPSA) is 34.1 Å². The van der Waals surface area contributed by atoms with E-state index in [2.05, 4.69) is 0 Å². The van der Waals surface area contributed by atoms with E-state index < -0.39 is 10.8 Å². The fraction of sp³-hybridized carbons (Fsp3) is 0.462. The lowest BCUT2D eigenvalue weighted by Gasteiger charge is -2.08. The average molecular weight is 305 g/mol. The van der Waals surface area contributed by atoms with Crippen LogP contribution in [0.1, 0.15) is 25.7 Å². The Kier molecular flexibility index (Phi) is 4.82. The van der Waals surface area contributed by atoms with Gasteiger partial charge in [-0.25, -0.2) is 0 Å². The largest absolute Gasteiger partial charge is 0.299 e. The van der Waals surface area contributed by atoms with Crippen LogP contribution in [0.25, 0.3) is 0 Å². The molecule has 1 aliphatic carbocycles. The van der Waals surface area contributed by atoms with Gasteiger partial charge in [0.15, 0.2) is 0 Å². The van der Waals surface area contributed by atoms with E-state index in [0.717, 1.165) is 12.8 Å². The second-order valence-electron chi connectivity index (χ2n) is 4.47. The Morgan fingerprint density at radius 2 is 2.06 bits per heavy atom. The van der Waals surface area contributed by atoms with Crippen molar-refractivity contribution in [2.45, 2.75) is 30.6 Å². The molecule has 1 aromatic carbocycles. The standard InChI is InChI=1S/C13H14Cl2O2S/c14-11-5-4-10(8-12(11)15)18(17)7-6-9-2-1-3-13(9)16/h4-5,8-9H,1-3,6-7H2. The van der Waals surface area contributed by atoms with E-state index in [1.807, 2.05) is 0 Å². The summed E-state index contributed by atoms with van der Waals surface area (Å²) in [5.74, 6) is 0.937. The minimum atomic E-state index is -1.11. The maximum Gasteiger partial charge on any atom is 0.136 e. The summed E-state index contributed by atoms with van der Waals surface area (Å²) in [6.07, 6.45) is 3.30. The molecule has 0 N–H and O–H groups in total. The van der Waals surface area contributed by atoms with Gasteiger partial charge >= 0.3 is 0 Å². The van der Waals surface area contributed by atoms with Crippen LogP contribution in [0.15, 0.2) is 23.1 Å². The summed E-state index contributed by atoms with van der Waals surface area (Å²) in [4.78, 5) is 12.2. The molecule has 1 fully saturated rings.